The predicted octanol–water partition coefficient (Wildman–Crippen LogP) is 1.91. The van der Waals surface area contributed by atoms with Crippen molar-refractivity contribution in [3.05, 3.63) is 35.9 Å². The van der Waals surface area contributed by atoms with E-state index >= 15 is 0 Å². The lowest BCUT2D eigenvalue weighted by molar-refractivity contribution is -0.164. The first-order chi connectivity index (χ1) is 7.79. The molecule has 0 aliphatic carbocycles. The fourth-order valence-electron chi connectivity index (χ4n) is 1.23. The van der Waals surface area contributed by atoms with Crippen molar-refractivity contribution in [2.24, 2.45) is 0 Å². The van der Waals surface area contributed by atoms with E-state index in [1.807, 2.05) is 37.3 Å². The second kappa shape index (κ2) is 6.98. The first-order valence-electron chi connectivity index (χ1n) is 5.11. The van der Waals surface area contributed by atoms with Crippen molar-refractivity contribution in [2.75, 3.05) is 20.5 Å². The molecule has 0 aliphatic heterocycles. The molecule has 0 amide bonds. The monoisotopic (exact) mass is 224 g/mol. The lowest BCUT2D eigenvalue weighted by Crippen LogP contribution is -2.19. The van der Waals surface area contributed by atoms with Gasteiger partial charge in [-0.3, -0.25) is 0 Å². The molecule has 0 aliphatic rings. The first-order valence-corrected chi connectivity index (χ1v) is 5.11. The van der Waals surface area contributed by atoms with E-state index in [1.165, 1.54) is 7.11 Å². The van der Waals surface area contributed by atoms with Gasteiger partial charge >= 0.3 is 5.97 Å². The molecule has 0 N–H and O–H groups in total. The zero-order valence-electron chi connectivity index (χ0n) is 9.51. The maximum absolute atomic E-state index is 11.5. The van der Waals surface area contributed by atoms with Crippen LogP contribution in [-0.2, 0) is 19.0 Å². The van der Waals surface area contributed by atoms with Crippen LogP contribution in [0.5, 0.6) is 0 Å². The van der Waals surface area contributed by atoms with Crippen molar-refractivity contribution in [2.45, 2.75) is 13.0 Å². The van der Waals surface area contributed by atoms with Crippen LogP contribution in [0.15, 0.2) is 30.3 Å². The predicted molar refractivity (Wildman–Crippen MR) is 58.8 cm³/mol. The summed E-state index contributed by atoms with van der Waals surface area (Å²) < 4.78 is 15.1. The van der Waals surface area contributed by atoms with Crippen LogP contribution >= 0.6 is 0 Å². The summed E-state index contributed by atoms with van der Waals surface area (Å²) in [5.41, 5.74) is 0.758. The molecule has 4 nitrogen and oxygen atoms in total. The van der Waals surface area contributed by atoms with Gasteiger partial charge in [0.2, 0.25) is 0 Å². The molecule has 0 unspecified atom stereocenters. The Morgan fingerprint density at radius 3 is 2.56 bits per heavy atom. The standard InChI is InChI=1S/C12H16O4/c1-3-15-9-16-11(12(13)14-2)10-7-5-4-6-8-10/h4-8,11H,3,9H2,1-2H3/t11-/m0/s1. The van der Waals surface area contributed by atoms with Gasteiger partial charge in [-0.15, -0.1) is 0 Å². The molecular weight excluding hydrogens is 208 g/mol. The Morgan fingerprint density at radius 1 is 1.31 bits per heavy atom. The fourth-order valence-corrected chi connectivity index (χ4v) is 1.23. The third-order valence-corrected chi connectivity index (χ3v) is 2.04. The Labute approximate surface area is 95.1 Å². The van der Waals surface area contributed by atoms with Crippen LogP contribution in [0.25, 0.3) is 0 Å². The van der Waals surface area contributed by atoms with E-state index in [0.717, 1.165) is 5.56 Å². The summed E-state index contributed by atoms with van der Waals surface area (Å²) in [6.45, 7) is 2.48. The van der Waals surface area contributed by atoms with E-state index in [9.17, 15) is 4.79 Å². The molecule has 0 spiro atoms. The average Bonchev–Trinajstić information content (AvgIpc) is 2.35. The minimum atomic E-state index is -0.724. The highest BCUT2D eigenvalue weighted by atomic mass is 16.7. The van der Waals surface area contributed by atoms with Gasteiger partial charge < -0.3 is 14.2 Å². The van der Waals surface area contributed by atoms with Crippen LogP contribution in [0.2, 0.25) is 0 Å². The largest absolute Gasteiger partial charge is 0.467 e. The van der Waals surface area contributed by atoms with E-state index in [4.69, 9.17) is 9.47 Å². The van der Waals surface area contributed by atoms with E-state index < -0.39 is 12.1 Å². The van der Waals surface area contributed by atoms with E-state index in [0.29, 0.717) is 6.61 Å². The molecule has 0 aromatic heterocycles. The van der Waals surface area contributed by atoms with Gasteiger partial charge in [0.1, 0.15) is 6.79 Å². The summed E-state index contributed by atoms with van der Waals surface area (Å²) >= 11 is 0. The molecule has 4 heteroatoms. The Hall–Kier alpha value is -1.39. The lowest BCUT2D eigenvalue weighted by Gasteiger charge is -2.15. The highest BCUT2D eigenvalue weighted by molar-refractivity contribution is 5.76. The van der Waals surface area contributed by atoms with Crippen LogP contribution in [0.1, 0.15) is 18.6 Å². The zero-order valence-corrected chi connectivity index (χ0v) is 9.51. The molecule has 1 aromatic rings. The minimum absolute atomic E-state index is 0.0746. The molecule has 0 saturated heterocycles. The quantitative estimate of drug-likeness (QED) is 0.420. The number of methoxy groups -OCH3 is 1. The SMILES string of the molecule is CCOCO[C@H](C(=O)OC)c1ccccc1. The number of ether oxygens (including phenoxy) is 3. The molecule has 1 rings (SSSR count). The number of hydrogen-bond donors (Lipinski definition) is 0. The van der Waals surface area contributed by atoms with Crippen LogP contribution in [-0.4, -0.2) is 26.5 Å². The van der Waals surface area contributed by atoms with Gasteiger partial charge in [-0.2, -0.15) is 0 Å². The van der Waals surface area contributed by atoms with Crippen LogP contribution < -0.4 is 0 Å². The summed E-state index contributed by atoms with van der Waals surface area (Å²) in [4.78, 5) is 11.5. The number of benzene rings is 1. The highest BCUT2D eigenvalue weighted by Crippen LogP contribution is 2.18. The molecule has 0 saturated carbocycles. The molecule has 1 atom stereocenters. The maximum atomic E-state index is 11.5. The van der Waals surface area contributed by atoms with Crippen LogP contribution in [0.3, 0.4) is 0 Å². The number of rotatable bonds is 6. The van der Waals surface area contributed by atoms with Crippen molar-refractivity contribution in [3.8, 4) is 0 Å². The third kappa shape index (κ3) is 3.64. The smallest absolute Gasteiger partial charge is 0.339 e. The van der Waals surface area contributed by atoms with Crippen molar-refractivity contribution < 1.29 is 19.0 Å². The second-order valence-corrected chi connectivity index (χ2v) is 3.09. The fraction of sp³-hybridized carbons (Fsp3) is 0.417. The molecule has 0 radical (unpaired) electrons. The van der Waals surface area contributed by atoms with Gasteiger partial charge in [-0.05, 0) is 12.5 Å². The summed E-state index contributed by atoms with van der Waals surface area (Å²) in [6, 6.07) is 9.19. The molecule has 0 heterocycles. The summed E-state index contributed by atoms with van der Waals surface area (Å²) in [7, 11) is 1.34. The molecule has 88 valence electrons. The van der Waals surface area contributed by atoms with Gasteiger partial charge in [0.15, 0.2) is 6.10 Å². The Morgan fingerprint density at radius 2 is 2.00 bits per heavy atom. The van der Waals surface area contributed by atoms with Gasteiger partial charge in [0, 0.05) is 6.61 Å². The Kier molecular flexibility index (Phi) is 5.53. The molecule has 1 aromatic carbocycles. The molecular formula is C12H16O4. The van der Waals surface area contributed by atoms with Gasteiger partial charge in [0.05, 0.1) is 7.11 Å². The minimum Gasteiger partial charge on any atom is -0.467 e. The van der Waals surface area contributed by atoms with E-state index in [-0.39, 0.29) is 6.79 Å². The van der Waals surface area contributed by atoms with Gasteiger partial charge in [-0.1, -0.05) is 30.3 Å². The molecule has 0 fully saturated rings. The normalized spacial score (nSPS) is 12.1. The summed E-state index contributed by atoms with van der Waals surface area (Å²) in [5.74, 6) is -0.425. The van der Waals surface area contributed by atoms with E-state index in [1.54, 1.807) is 0 Å². The van der Waals surface area contributed by atoms with Crippen LogP contribution in [0.4, 0.5) is 0 Å². The lowest BCUT2D eigenvalue weighted by atomic mass is 10.1. The van der Waals surface area contributed by atoms with E-state index in [2.05, 4.69) is 4.74 Å². The van der Waals surface area contributed by atoms with Crippen molar-refractivity contribution >= 4 is 5.97 Å². The second-order valence-electron chi connectivity index (χ2n) is 3.09. The Balaban J connectivity index is 2.68. The summed E-state index contributed by atoms with van der Waals surface area (Å²) in [5, 5.41) is 0. The van der Waals surface area contributed by atoms with Gasteiger partial charge in [-0.25, -0.2) is 4.79 Å². The number of hydrogen-bond acceptors (Lipinski definition) is 4. The first kappa shape index (κ1) is 12.7. The highest BCUT2D eigenvalue weighted by Gasteiger charge is 2.21. The van der Waals surface area contributed by atoms with Crippen molar-refractivity contribution in [1.29, 1.82) is 0 Å². The van der Waals surface area contributed by atoms with Crippen molar-refractivity contribution in [3.63, 3.8) is 0 Å². The topological polar surface area (TPSA) is 44.8 Å². The third-order valence-electron chi connectivity index (χ3n) is 2.04. The van der Waals surface area contributed by atoms with Gasteiger partial charge in [0.25, 0.3) is 0 Å². The number of carbonyl (C=O) groups is 1. The molecule has 16 heavy (non-hydrogen) atoms. The summed E-state index contributed by atoms with van der Waals surface area (Å²) in [6.07, 6.45) is -0.724. The zero-order chi connectivity index (χ0) is 11.8. The number of carbonyl (C=O) groups excluding carboxylic acids is 1. The van der Waals surface area contributed by atoms with Crippen molar-refractivity contribution in [1.82, 2.24) is 0 Å². The maximum Gasteiger partial charge on any atom is 0.339 e. The number of esters is 1. The molecule has 0 bridgehead atoms. The Bertz CT molecular complexity index is 310. The average molecular weight is 224 g/mol. The van der Waals surface area contributed by atoms with Crippen LogP contribution in [0, 0.1) is 0 Å².